The fourth-order valence-corrected chi connectivity index (χ4v) is 3.48. The van der Waals surface area contributed by atoms with Gasteiger partial charge in [-0.25, -0.2) is 4.68 Å². The van der Waals surface area contributed by atoms with Crippen LogP contribution in [0.25, 0.3) is 0 Å². The van der Waals surface area contributed by atoms with Crippen LogP contribution in [0.3, 0.4) is 0 Å². The fourth-order valence-electron chi connectivity index (χ4n) is 3.48. The molecule has 132 valence electrons. The lowest BCUT2D eigenvalue weighted by Crippen LogP contribution is -2.48. The quantitative estimate of drug-likeness (QED) is 0.876. The van der Waals surface area contributed by atoms with Crippen LogP contribution in [0.1, 0.15) is 32.1 Å². The molecule has 0 spiro atoms. The topological polar surface area (TPSA) is 76.5 Å². The minimum absolute atomic E-state index is 0.0754. The van der Waals surface area contributed by atoms with Crippen molar-refractivity contribution >= 4 is 11.7 Å². The number of nitrogens with one attached hydrogen (secondary N) is 1. The largest absolute Gasteiger partial charge is 0.381 e. The Balaban J connectivity index is 1.62. The van der Waals surface area contributed by atoms with Crippen LogP contribution in [0.2, 0.25) is 0 Å². The van der Waals surface area contributed by atoms with Gasteiger partial charge in [0.2, 0.25) is 5.91 Å². The lowest BCUT2D eigenvalue weighted by atomic mass is 9.98. The van der Waals surface area contributed by atoms with Gasteiger partial charge in [0, 0.05) is 51.4 Å². The van der Waals surface area contributed by atoms with Crippen molar-refractivity contribution in [2.75, 3.05) is 31.2 Å². The minimum Gasteiger partial charge on any atom is -0.381 e. The van der Waals surface area contributed by atoms with Crippen molar-refractivity contribution in [2.24, 2.45) is 13.0 Å². The van der Waals surface area contributed by atoms with Gasteiger partial charge in [-0.3, -0.25) is 9.59 Å². The summed E-state index contributed by atoms with van der Waals surface area (Å²) in [6, 6.07) is 3.56. The van der Waals surface area contributed by atoms with E-state index >= 15 is 0 Å². The van der Waals surface area contributed by atoms with Crippen molar-refractivity contribution in [2.45, 2.75) is 38.1 Å². The van der Waals surface area contributed by atoms with Gasteiger partial charge in [-0.1, -0.05) is 0 Å². The molecule has 0 radical (unpaired) electrons. The summed E-state index contributed by atoms with van der Waals surface area (Å²) in [7, 11) is 1.66. The zero-order valence-corrected chi connectivity index (χ0v) is 14.2. The molecule has 0 saturated carbocycles. The molecule has 7 nitrogen and oxygen atoms in total. The number of carbonyl (C=O) groups is 1. The predicted molar refractivity (Wildman–Crippen MR) is 91.0 cm³/mol. The first-order valence-corrected chi connectivity index (χ1v) is 8.81. The standard InChI is InChI=1S/C17H26N4O3/c1-20-16(22)6-5-15(19-20)21-9-3-2-4-14(21)12-18-17(23)13-7-10-24-11-8-13/h5-6,13-14H,2-4,7-12H2,1H3,(H,18,23). The van der Waals surface area contributed by atoms with Gasteiger partial charge in [0.15, 0.2) is 0 Å². The van der Waals surface area contributed by atoms with Crippen molar-refractivity contribution in [1.29, 1.82) is 0 Å². The fraction of sp³-hybridized carbons (Fsp3) is 0.706. The molecule has 3 heterocycles. The Morgan fingerprint density at radius 2 is 2.08 bits per heavy atom. The van der Waals surface area contributed by atoms with Gasteiger partial charge in [-0.05, 0) is 38.2 Å². The van der Waals surface area contributed by atoms with Gasteiger partial charge >= 0.3 is 0 Å². The second-order valence-corrected chi connectivity index (χ2v) is 6.63. The second-order valence-electron chi connectivity index (χ2n) is 6.63. The summed E-state index contributed by atoms with van der Waals surface area (Å²) < 4.78 is 6.68. The second kappa shape index (κ2) is 7.79. The van der Waals surface area contributed by atoms with Crippen LogP contribution < -0.4 is 15.8 Å². The van der Waals surface area contributed by atoms with Crippen LogP contribution in [0.4, 0.5) is 5.82 Å². The minimum atomic E-state index is -0.111. The van der Waals surface area contributed by atoms with E-state index in [2.05, 4.69) is 15.3 Å². The Kier molecular flexibility index (Phi) is 5.50. The Labute approximate surface area is 142 Å². The number of carbonyl (C=O) groups excluding carboxylic acids is 1. The smallest absolute Gasteiger partial charge is 0.266 e. The molecule has 2 saturated heterocycles. The average Bonchev–Trinajstić information content (AvgIpc) is 2.63. The molecule has 1 N–H and O–H groups in total. The van der Waals surface area contributed by atoms with E-state index in [1.54, 1.807) is 19.2 Å². The highest BCUT2D eigenvalue weighted by atomic mass is 16.5. The highest BCUT2D eigenvalue weighted by Gasteiger charge is 2.26. The van der Waals surface area contributed by atoms with E-state index in [1.807, 2.05) is 0 Å². The predicted octanol–water partition coefficient (Wildman–Crippen LogP) is 0.682. The maximum atomic E-state index is 12.3. The number of anilines is 1. The van der Waals surface area contributed by atoms with Gasteiger partial charge in [0.1, 0.15) is 5.82 Å². The summed E-state index contributed by atoms with van der Waals surface area (Å²) in [6.07, 6.45) is 4.90. The first kappa shape index (κ1) is 17.0. The molecule has 2 aliphatic heterocycles. The van der Waals surface area contributed by atoms with Crippen molar-refractivity contribution in [1.82, 2.24) is 15.1 Å². The third kappa shape index (κ3) is 3.95. The van der Waals surface area contributed by atoms with E-state index < -0.39 is 0 Å². The summed E-state index contributed by atoms with van der Waals surface area (Å²) in [5, 5.41) is 7.48. The number of ether oxygens (including phenoxy) is 1. The first-order valence-electron chi connectivity index (χ1n) is 8.81. The number of aryl methyl sites for hydroxylation is 1. The molecule has 1 amide bonds. The first-order chi connectivity index (χ1) is 11.6. The molecule has 0 aliphatic carbocycles. The van der Waals surface area contributed by atoms with E-state index in [4.69, 9.17) is 4.74 Å². The van der Waals surface area contributed by atoms with Crippen molar-refractivity contribution in [3.63, 3.8) is 0 Å². The van der Waals surface area contributed by atoms with Crippen molar-refractivity contribution < 1.29 is 9.53 Å². The van der Waals surface area contributed by atoms with Crippen LogP contribution in [-0.4, -0.2) is 48.0 Å². The number of amides is 1. The van der Waals surface area contributed by atoms with Gasteiger partial charge in [-0.15, -0.1) is 0 Å². The zero-order chi connectivity index (χ0) is 16.9. The molecule has 0 bridgehead atoms. The highest BCUT2D eigenvalue weighted by Crippen LogP contribution is 2.22. The van der Waals surface area contributed by atoms with Gasteiger partial charge in [0.25, 0.3) is 5.56 Å². The molecule has 2 fully saturated rings. The van der Waals surface area contributed by atoms with Gasteiger partial charge in [-0.2, -0.15) is 5.10 Å². The maximum absolute atomic E-state index is 12.3. The van der Waals surface area contributed by atoms with Crippen LogP contribution in [0, 0.1) is 5.92 Å². The molecular formula is C17H26N4O3. The van der Waals surface area contributed by atoms with Crippen LogP contribution in [-0.2, 0) is 16.6 Å². The van der Waals surface area contributed by atoms with Gasteiger partial charge < -0.3 is 15.0 Å². The third-order valence-electron chi connectivity index (χ3n) is 4.97. The lowest BCUT2D eigenvalue weighted by Gasteiger charge is -2.37. The summed E-state index contributed by atoms with van der Waals surface area (Å²) in [4.78, 5) is 26.1. The number of piperidine rings is 1. The summed E-state index contributed by atoms with van der Waals surface area (Å²) in [5.74, 6) is 1.02. The molecular weight excluding hydrogens is 308 g/mol. The normalized spacial score (nSPS) is 22.4. The van der Waals surface area contributed by atoms with Crippen LogP contribution >= 0.6 is 0 Å². The monoisotopic (exact) mass is 334 g/mol. The maximum Gasteiger partial charge on any atom is 0.266 e. The summed E-state index contributed by atoms with van der Waals surface area (Å²) >= 11 is 0. The average molecular weight is 334 g/mol. The Hall–Kier alpha value is -1.89. The molecule has 1 aromatic heterocycles. The van der Waals surface area contributed by atoms with Crippen molar-refractivity contribution in [3.8, 4) is 0 Å². The molecule has 3 rings (SSSR count). The Bertz CT molecular complexity index is 625. The van der Waals surface area contributed by atoms with E-state index in [9.17, 15) is 9.59 Å². The number of aromatic nitrogens is 2. The number of hydrogen-bond acceptors (Lipinski definition) is 5. The summed E-state index contributed by atoms with van der Waals surface area (Å²) in [5.41, 5.74) is -0.111. The van der Waals surface area contributed by atoms with Crippen LogP contribution in [0.5, 0.6) is 0 Å². The molecule has 1 aromatic rings. The number of nitrogens with zero attached hydrogens (tertiary/aromatic N) is 3. The number of rotatable bonds is 4. The highest BCUT2D eigenvalue weighted by molar-refractivity contribution is 5.78. The van der Waals surface area contributed by atoms with E-state index in [1.165, 1.54) is 4.68 Å². The number of hydrogen-bond donors (Lipinski definition) is 1. The molecule has 7 heteroatoms. The summed E-state index contributed by atoms with van der Waals surface area (Å²) in [6.45, 7) is 2.88. The molecule has 1 unspecified atom stereocenters. The Morgan fingerprint density at radius 3 is 2.83 bits per heavy atom. The third-order valence-corrected chi connectivity index (χ3v) is 4.97. The zero-order valence-electron chi connectivity index (χ0n) is 14.2. The van der Waals surface area contributed by atoms with E-state index in [-0.39, 0.29) is 23.4 Å². The van der Waals surface area contributed by atoms with E-state index in [0.29, 0.717) is 19.8 Å². The van der Waals surface area contributed by atoms with Gasteiger partial charge in [0.05, 0.1) is 0 Å². The molecule has 0 aromatic carbocycles. The SMILES string of the molecule is Cn1nc(N2CCCCC2CNC(=O)C2CCOCC2)ccc1=O. The lowest BCUT2D eigenvalue weighted by molar-refractivity contribution is -0.127. The molecule has 24 heavy (non-hydrogen) atoms. The van der Waals surface area contributed by atoms with E-state index in [0.717, 1.165) is 44.5 Å². The Morgan fingerprint density at radius 1 is 1.29 bits per heavy atom. The molecule has 1 atom stereocenters. The van der Waals surface area contributed by atoms with Crippen molar-refractivity contribution in [3.05, 3.63) is 22.5 Å². The van der Waals surface area contributed by atoms with Crippen LogP contribution in [0.15, 0.2) is 16.9 Å². The molecule has 2 aliphatic rings.